The Morgan fingerprint density at radius 1 is 1.32 bits per heavy atom. The molecule has 31 heavy (non-hydrogen) atoms. The van der Waals surface area contributed by atoms with Crippen LogP contribution in [0.1, 0.15) is 47.7 Å². The molecule has 3 heterocycles. The maximum atomic E-state index is 14.0. The molecule has 0 saturated carbocycles. The minimum Gasteiger partial charge on any atom is -0.404 e. The Labute approximate surface area is 179 Å². The number of fused-ring (bicyclic) bond motifs is 2. The van der Waals surface area contributed by atoms with E-state index in [-0.39, 0.29) is 11.5 Å². The van der Waals surface area contributed by atoms with E-state index in [4.69, 9.17) is 5.73 Å². The number of rotatable bonds is 4. The Bertz CT molecular complexity index is 1060. The maximum Gasteiger partial charge on any atom is 0.264 e. The lowest BCUT2D eigenvalue weighted by Gasteiger charge is -2.33. The molecule has 0 spiro atoms. The van der Waals surface area contributed by atoms with Gasteiger partial charge in [0.25, 0.3) is 6.43 Å². The first-order valence-corrected chi connectivity index (χ1v) is 10.3. The number of hydrogen-bond acceptors (Lipinski definition) is 5. The first kappa shape index (κ1) is 21.0. The third-order valence-electron chi connectivity index (χ3n) is 5.98. The van der Waals surface area contributed by atoms with Crippen molar-refractivity contribution in [2.75, 3.05) is 25.0 Å². The van der Waals surface area contributed by atoms with Crippen LogP contribution < -0.4 is 10.6 Å². The summed E-state index contributed by atoms with van der Waals surface area (Å²) in [6.45, 7) is 3.34. The summed E-state index contributed by atoms with van der Waals surface area (Å²) in [7, 11) is 1.58. The van der Waals surface area contributed by atoms with Crippen LogP contribution in [0.15, 0.2) is 23.3 Å². The molecule has 0 radical (unpaired) electrons. The summed E-state index contributed by atoms with van der Waals surface area (Å²) < 4.78 is 28.0. The highest BCUT2D eigenvalue weighted by molar-refractivity contribution is 6.10. The van der Waals surface area contributed by atoms with Crippen molar-refractivity contribution in [3.63, 3.8) is 0 Å². The number of allylic oxidation sites excluding steroid dienone is 1. The van der Waals surface area contributed by atoms with Crippen LogP contribution in [0.25, 0.3) is 5.57 Å². The zero-order chi connectivity index (χ0) is 22.1. The Hall–Kier alpha value is -3.23. The molecule has 1 aromatic carbocycles. The molecule has 1 amide bonds. The lowest BCUT2D eigenvalue weighted by atomic mass is 9.92. The fourth-order valence-corrected chi connectivity index (χ4v) is 4.41. The number of nitrogens with zero attached hydrogens (tertiary/aromatic N) is 4. The van der Waals surface area contributed by atoms with E-state index in [2.05, 4.69) is 15.2 Å². The van der Waals surface area contributed by atoms with Crippen molar-refractivity contribution >= 4 is 29.2 Å². The largest absolute Gasteiger partial charge is 0.404 e. The summed E-state index contributed by atoms with van der Waals surface area (Å²) in [6.07, 6.45) is 2.48. The van der Waals surface area contributed by atoms with Crippen molar-refractivity contribution in [1.82, 2.24) is 15.1 Å². The molecule has 7 nitrogen and oxygen atoms in total. The molecule has 0 saturated heterocycles. The number of carbonyl (C=O) groups is 1. The van der Waals surface area contributed by atoms with Crippen molar-refractivity contribution in [3.05, 3.63) is 46.3 Å². The number of amides is 1. The van der Waals surface area contributed by atoms with Crippen LogP contribution in [-0.4, -0.2) is 47.4 Å². The molecule has 1 aromatic heterocycles. The van der Waals surface area contributed by atoms with Crippen LogP contribution in [0.5, 0.6) is 0 Å². The van der Waals surface area contributed by atoms with E-state index in [1.165, 1.54) is 12.4 Å². The Morgan fingerprint density at radius 3 is 2.81 bits per heavy atom. The number of benzene rings is 1. The zero-order valence-electron chi connectivity index (χ0n) is 17.7. The predicted molar refractivity (Wildman–Crippen MR) is 117 cm³/mol. The maximum absolute atomic E-state index is 14.0. The van der Waals surface area contributed by atoms with Crippen LogP contribution in [0, 0.1) is 0 Å². The van der Waals surface area contributed by atoms with Gasteiger partial charge in [-0.25, -0.2) is 8.78 Å². The monoisotopic (exact) mass is 428 g/mol. The lowest BCUT2D eigenvalue weighted by molar-refractivity contribution is -0.129. The minimum atomic E-state index is -2.66. The van der Waals surface area contributed by atoms with Gasteiger partial charge in [-0.1, -0.05) is 0 Å². The Balaban J connectivity index is 1.80. The van der Waals surface area contributed by atoms with Crippen LogP contribution in [0.2, 0.25) is 0 Å². The van der Waals surface area contributed by atoms with Crippen LogP contribution >= 0.6 is 0 Å². The molecule has 164 valence electrons. The summed E-state index contributed by atoms with van der Waals surface area (Å²) in [5.41, 5.74) is 10.1. The normalized spacial score (nSPS) is 16.7. The van der Waals surface area contributed by atoms with Gasteiger partial charge in [0.05, 0.1) is 6.54 Å². The lowest BCUT2D eigenvalue weighted by Crippen LogP contribution is -2.35. The van der Waals surface area contributed by atoms with Gasteiger partial charge in [0.15, 0.2) is 5.82 Å². The number of halogens is 2. The first-order chi connectivity index (χ1) is 14.9. The highest BCUT2D eigenvalue weighted by Gasteiger charge is 2.30. The number of alkyl halides is 2. The Kier molecular flexibility index (Phi) is 5.75. The van der Waals surface area contributed by atoms with Crippen LogP contribution in [0.4, 0.5) is 20.3 Å². The molecule has 0 atom stereocenters. The number of aryl methyl sites for hydroxylation is 1. The molecule has 0 aliphatic carbocycles. The zero-order valence-corrected chi connectivity index (χ0v) is 17.7. The molecule has 4 rings (SSSR count). The van der Waals surface area contributed by atoms with Gasteiger partial charge in [0.2, 0.25) is 5.91 Å². The molecule has 0 bridgehead atoms. The van der Waals surface area contributed by atoms with Gasteiger partial charge in [-0.3, -0.25) is 14.9 Å². The van der Waals surface area contributed by atoms with Crippen molar-refractivity contribution in [3.8, 4) is 0 Å². The number of aromatic amines is 1. The van der Waals surface area contributed by atoms with E-state index in [9.17, 15) is 13.6 Å². The molecular weight excluding hydrogens is 402 g/mol. The number of aliphatic imine (C=N–C) groups is 1. The van der Waals surface area contributed by atoms with E-state index >= 15 is 0 Å². The van der Waals surface area contributed by atoms with Gasteiger partial charge in [-0.15, -0.1) is 0 Å². The second-order valence-electron chi connectivity index (χ2n) is 7.83. The number of anilines is 2. The van der Waals surface area contributed by atoms with Crippen molar-refractivity contribution in [1.29, 1.82) is 0 Å². The molecule has 0 unspecified atom stereocenters. The number of nitrogens with two attached hydrogens (primary N) is 1. The number of hydrogen-bond donors (Lipinski definition) is 2. The molecular formula is C22H26F2N6O. The van der Waals surface area contributed by atoms with Gasteiger partial charge >= 0.3 is 0 Å². The second-order valence-corrected chi connectivity index (χ2v) is 7.83. The van der Waals surface area contributed by atoms with Crippen molar-refractivity contribution < 1.29 is 13.6 Å². The smallest absolute Gasteiger partial charge is 0.264 e. The second kappa shape index (κ2) is 8.49. The third-order valence-corrected chi connectivity index (χ3v) is 5.98. The molecule has 2 aliphatic rings. The number of nitrogens with one attached hydrogen (secondary N) is 1. The van der Waals surface area contributed by atoms with Crippen LogP contribution in [-0.2, 0) is 24.2 Å². The molecule has 2 aliphatic heterocycles. The van der Waals surface area contributed by atoms with Crippen molar-refractivity contribution in [2.45, 2.75) is 39.2 Å². The molecule has 3 N–H and O–H groups in total. The van der Waals surface area contributed by atoms with Gasteiger partial charge in [-0.2, -0.15) is 5.10 Å². The SMILES string of the molecule is CN=C/C(=C\N)c1cc2c(cc1C(F)F)N(c1n[nH]c3c1CN(C(C)=O)CC3)CCC2. The number of H-pyrrole nitrogens is 1. The quantitative estimate of drug-likeness (QED) is 0.731. The summed E-state index contributed by atoms with van der Waals surface area (Å²) >= 11 is 0. The van der Waals surface area contributed by atoms with E-state index in [0.29, 0.717) is 43.0 Å². The van der Waals surface area contributed by atoms with Gasteiger partial charge in [0, 0.05) is 74.0 Å². The third kappa shape index (κ3) is 3.80. The van der Waals surface area contributed by atoms with Gasteiger partial charge < -0.3 is 15.5 Å². The molecule has 9 heteroatoms. The first-order valence-electron chi connectivity index (χ1n) is 10.3. The van der Waals surface area contributed by atoms with E-state index in [0.717, 1.165) is 35.3 Å². The minimum absolute atomic E-state index is 0.0140. The summed E-state index contributed by atoms with van der Waals surface area (Å²) in [5, 5.41) is 7.60. The van der Waals surface area contributed by atoms with E-state index in [1.54, 1.807) is 31.0 Å². The topological polar surface area (TPSA) is 90.6 Å². The summed E-state index contributed by atoms with van der Waals surface area (Å²) in [4.78, 5) is 19.6. The average molecular weight is 428 g/mol. The van der Waals surface area contributed by atoms with Gasteiger partial charge in [-0.05, 0) is 36.1 Å². The summed E-state index contributed by atoms with van der Waals surface area (Å²) in [5.74, 6) is 0.722. The standard InChI is InChI=1S/C22H26F2N6O/c1-13(31)29-7-5-19-18(12-29)22(28-27-19)30-6-3-4-14-8-16(15(10-25)11-26-2)17(21(23)24)9-20(14)30/h8-11,21H,3-7,12,25H2,1-2H3,(H,27,28)/b15-10+,26-11?. The molecule has 0 fully saturated rings. The highest BCUT2D eigenvalue weighted by Crippen LogP contribution is 2.41. The fourth-order valence-electron chi connectivity index (χ4n) is 4.41. The van der Waals surface area contributed by atoms with Crippen LogP contribution in [0.3, 0.4) is 0 Å². The predicted octanol–water partition coefficient (Wildman–Crippen LogP) is 3.34. The molecule has 2 aromatic rings. The summed E-state index contributed by atoms with van der Waals surface area (Å²) in [6, 6.07) is 3.35. The number of aromatic nitrogens is 2. The average Bonchev–Trinajstić information content (AvgIpc) is 3.19. The Morgan fingerprint density at radius 2 is 2.13 bits per heavy atom. The van der Waals surface area contributed by atoms with Crippen molar-refractivity contribution in [2.24, 2.45) is 10.7 Å². The van der Waals surface area contributed by atoms with E-state index in [1.807, 2.05) is 4.90 Å². The van der Waals surface area contributed by atoms with E-state index < -0.39 is 6.43 Å². The van der Waals surface area contributed by atoms with Gasteiger partial charge in [0.1, 0.15) is 0 Å². The highest BCUT2D eigenvalue weighted by atomic mass is 19.3. The number of carbonyl (C=O) groups excluding carboxylic acids is 1. The fraction of sp³-hybridized carbons (Fsp3) is 0.409.